The highest BCUT2D eigenvalue weighted by molar-refractivity contribution is 5.95. The number of carboxylic acid groups (broad SMARTS) is 1. The lowest BCUT2D eigenvalue weighted by Gasteiger charge is -2.25. The van der Waals surface area contributed by atoms with Crippen molar-refractivity contribution < 1.29 is 24.2 Å². The molecular formula is C11H18N2O5. The van der Waals surface area contributed by atoms with E-state index in [4.69, 9.17) is 5.11 Å². The minimum Gasteiger partial charge on any atom is -0.480 e. The summed E-state index contributed by atoms with van der Waals surface area (Å²) < 4.78 is 4.56. The number of carboxylic acids is 1. The molecule has 0 aromatic rings. The number of urea groups is 1. The van der Waals surface area contributed by atoms with Crippen molar-refractivity contribution in [2.75, 3.05) is 19.8 Å². The van der Waals surface area contributed by atoms with Crippen LogP contribution in [0.25, 0.3) is 0 Å². The van der Waals surface area contributed by atoms with Crippen LogP contribution in [0, 0.1) is 0 Å². The van der Waals surface area contributed by atoms with Gasteiger partial charge < -0.3 is 14.7 Å². The highest BCUT2D eigenvalue weighted by Crippen LogP contribution is 1.98. The van der Waals surface area contributed by atoms with Crippen molar-refractivity contribution in [1.29, 1.82) is 0 Å². The molecule has 0 rings (SSSR count). The topological polar surface area (TPSA) is 95.9 Å². The Bertz CT molecular complexity index is 327. The number of carbonyl (C=O) groups is 3. The van der Waals surface area contributed by atoms with Crippen molar-refractivity contribution >= 4 is 17.9 Å². The summed E-state index contributed by atoms with van der Waals surface area (Å²) in [6, 6.07) is -0.649. The number of hydrogen-bond donors (Lipinski definition) is 2. The molecule has 0 heterocycles. The molecular weight excluding hydrogens is 240 g/mol. The van der Waals surface area contributed by atoms with E-state index in [0.717, 1.165) is 0 Å². The molecule has 0 atom stereocenters. The summed E-state index contributed by atoms with van der Waals surface area (Å²) in [6.07, 6.45) is 1.55. The van der Waals surface area contributed by atoms with E-state index in [1.54, 1.807) is 19.9 Å². The van der Waals surface area contributed by atoms with Crippen LogP contribution in [0.4, 0.5) is 4.79 Å². The first-order valence-corrected chi connectivity index (χ1v) is 5.39. The zero-order chi connectivity index (χ0) is 14.1. The molecule has 18 heavy (non-hydrogen) atoms. The van der Waals surface area contributed by atoms with Gasteiger partial charge in [-0.1, -0.05) is 6.08 Å². The lowest BCUT2D eigenvalue weighted by atomic mass is 10.3. The maximum Gasteiger partial charge on any atom is 0.329 e. The number of carbonyl (C=O) groups excluding carboxylic acids is 2. The van der Waals surface area contributed by atoms with Crippen LogP contribution in [-0.2, 0) is 14.3 Å². The normalized spacial score (nSPS) is 9.94. The van der Waals surface area contributed by atoms with Gasteiger partial charge in [-0.05, 0) is 13.8 Å². The van der Waals surface area contributed by atoms with Gasteiger partial charge in [0.2, 0.25) is 0 Å². The molecule has 3 amide bonds. The standard InChI is InChI=1S/C11H18N2O5/c1-4-5-13(8(2)3)11(17)12-9(14)6-18-7-10(15)16/h4,8H,1,5-7H2,2-3H3,(H,15,16)(H,12,14,17). The molecule has 7 heteroatoms. The van der Waals surface area contributed by atoms with Crippen LogP contribution in [0.2, 0.25) is 0 Å². The van der Waals surface area contributed by atoms with Gasteiger partial charge in [-0.25, -0.2) is 9.59 Å². The second kappa shape index (κ2) is 8.24. The first kappa shape index (κ1) is 16.1. The lowest BCUT2D eigenvalue weighted by molar-refractivity contribution is -0.143. The summed E-state index contributed by atoms with van der Waals surface area (Å²) in [6.45, 7) is 6.37. The Balaban J connectivity index is 4.15. The van der Waals surface area contributed by atoms with E-state index >= 15 is 0 Å². The second-order valence-electron chi connectivity index (χ2n) is 3.77. The average Bonchev–Trinajstić information content (AvgIpc) is 2.24. The van der Waals surface area contributed by atoms with Gasteiger partial charge in [0, 0.05) is 12.6 Å². The SMILES string of the molecule is C=CCN(C(=O)NC(=O)COCC(=O)O)C(C)C. The van der Waals surface area contributed by atoms with Crippen LogP contribution >= 0.6 is 0 Å². The number of nitrogens with zero attached hydrogens (tertiary/aromatic N) is 1. The van der Waals surface area contributed by atoms with Gasteiger partial charge in [0.25, 0.3) is 5.91 Å². The minimum absolute atomic E-state index is 0.0873. The Morgan fingerprint density at radius 1 is 1.39 bits per heavy atom. The van der Waals surface area contributed by atoms with Crippen molar-refractivity contribution in [3.8, 4) is 0 Å². The van der Waals surface area contributed by atoms with Gasteiger partial charge in [-0.3, -0.25) is 10.1 Å². The molecule has 102 valence electrons. The van der Waals surface area contributed by atoms with E-state index in [0.29, 0.717) is 6.54 Å². The number of aliphatic carboxylic acids is 1. The van der Waals surface area contributed by atoms with E-state index in [1.165, 1.54) is 4.90 Å². The minimum atomic E-state index is -1.18. The van der Waals surface area contributed by atoms with E-state index in [2.05, 4.69) is 16.6 Å². The summed E-state index contributed by atoms with van der Waals surface area (Å²) in [5.41, 5.74) is 0. The monoisotopic (exact) mass is 258 g/mol. The van der Waals surface area contributed by atoms with Crippen molar-refractivity contribution in [3.63, 3.8) is 0 Å². The number of ether oxygens (including phenoxy) is 1. The molecule has 0 spiro atoms. The molecule has 0 unspecified atom stereocenters. The quantitative estimate of drug-likeness (QED) is 0.637. The van der Waals surface area contributed by atoms with Crippen LogP contribution in [0.15, 0.2) is 12.7 Å². The predicted molar refractivity (Wildman–Crippen MR) is 64.0 cm³/mol. The van der Waals surface area contributed by atoms with Crippen molar-refractivity contribution in [3.05, 3.63) is 12.7 Å². The molecule has 0 aromatic carbocycles. The van der Waals surface area contributed by atoms with E-state index in [9.17, 15) is 14.4 Å². The maximum atomic E-state index is 11.7. The largest absolute Gasteiger partial charge is 0.480 e. The average molecular weight is 258 g/mol. The Morgan fingerprint density at radius 3 is 2.44 bits per heavy atom. The molecule has 0 saturated carbocycles. The summed E-state index contributed by atoms with van der Waals surface area (Å²) in [4.78, 5) is 34.5. The van der Waals surface area contributed by atoms with Gasteiger partial charge >= 0.3 is 12.0 Å². The van der Waals surface area contributed by atoms with E-state index < -0.39 is 31.1 Å². The highest BCUT2D eigenvalue weighted by atomic mass is 16.5. The number of hydrogen-bond acceptors (Lipinski definition) is 4. The summed E-state index contributed by atoms with van der Waals surface area (Å²) in [5, 5.41) is 10.4. The molecule has 0 saturated heterocycles. The lowest BCUT2D eigenvalue weighted by Crippen LogP contribution is -2.47. The molecule has 0 aliphatic heterocycles. The van der Waals surface area contributed by atoms with Crippen molar-refractivity contribution in [2.45, 2.75) is 19.9 Å². The van der Waals surface area contributed by atoms with E-state index in [-0.39, 0.29) is 6.04 Å². The molecule has 0 aromatic heterocycles. The molecule has 0 radical (unpaired) electrons. The first-order valence-electron chi connectivity index (χ1n) is 5.39. The smallest absolute Gasteiger partial charge is 0.329 e. The molecule has 0 bridgehead atoms. The van der Waals surface area contributed by atoms with Crippen LogP contribution in [0.3, 0.4) is 0 Å². The van der Waals surface area contributed by atoms with Gasteiger partial charge in [-0.2, -0.15) is 0 Å². The molecule has 0 aliphatic carbocycles. The van der Waals surface area contributed by atoms with Gasteiger partial charge in [0.05, 0.1) is 0 Å². The fourth-order valence-electron chi connectivity index (χ4n) is 1.13. The third kappa shape index (κ3) is 6.64. The summed E-state index contributed by atoms with van der Waals surface area (Å²) in [5.74, 6) is -1.86. The van der Waals surface area contributed by atoms with Gasteiger partial charge in [0.15, 0.2) is 0 Å². The maximum absolute atomic E-state index is 11.7. The molecule has 0 fully saturated rings. The Labute approximate surface area is 105 Å². The predicted octanol–water partition coefficient (Wildman–Crippen LogP) is 0.220. The van der Waals surface area contributed by atoms with Gasteiger partial charge in [-0.15, -0.1) is 6.58 Å². The zero-order valence-electron chi connectivity index (χ0n) is 10.5. The molecule has 7 nitrogen and oxygen atoms in total. The van der Waals surface area contributed by atoms with Crippen LogP contribution < -0.4 is 5.32 Å². The highest BCUT2D eigenvalue weighted by Gasteiger charge is 2.17. The Kier molecular flexibility index (Phi) is 7.37. The number of rotatable bonds is 7. The number of imide groups is 1. The number of amides is 3. The Hall–Kier alpha value is -1.89. The molecule has 0 aliphatic rings. The molecule has 2 N–H and O–H groups in total. The fourth-order valence-corrected chi connectivity index (χ4v) is 1.13. The summed E-state index contributed by atoms with van der Waals surface area (Å²) >= 11 is 0. The van der Waals surface area contributed by atoms with Crippen LogP contribution in [0.5, 0.6) is 0 Å². The third-order valence-corrected chi connectivity index (χ3v) is 1.92. The van der Waals surface area contributed by atoms with Crippen molar-refractivity contribution in [1.82, 2.24) is 10.2 Å². The fraction of sp³-hybridized carbons (Fsp3) is 0.545. The van der Waals surface area contributed by atoms with Crippen LogP contribution in [0.1, 0.15) is 13.8 Å². The Morgan fingerprint density at radius 2 is 2.00 bits per heavy atom. The third-order valence-electron chi connectivity index (χ3n) is 1.92. The number of nitrogens with one attached hydrogen (secondary N) is 1. The summed E-state index contributed by atoms with van der Waals surface area (Å²) in [7, 11) is 0. The van der Waals surface area contributed by atoms with Crippen LogP contribution in [-0.4, -0.2) is 53.7 Å². The van der Waals surface area contributed by atoms with E-state index in [1.807, 2.05) is 0 Å². The second-order valence-corrected chi connectivity index (χ2v) is 3.77. The van der Waals surface area contributed by atoms with Crippen molar-refractivity contribution in [2.24, 2.45) is 0 Å². The van der Waals surface area contributed by atoms with Gasteiger partial charge in [0.1, 0.15) is 13.2 Å². The zero-order valence-corrected chi connectivity index (χ0v) is 10.5. The first-order chi connectivity index (χ1) is 8.38.